The van der Waals surface area contributed by atoms with Crippen molar-refractivity contribution in [3.05, 3.63) is 29.8 Å². The number of guanidine groups is 1. The third kappa shape index (κ3) is 6.19. The van der Waals surface area contributed by atoms with Gasteiger partial charge in [-0.05, 0) is 36.5 Å². The van der Waals surface area contributed by atoms with Crippen molar-refractivity contribution < 1.29 is 4.74 Å². The summed E-state index contributed by atoms with van der Waals surface area (Å²) in [5.41, 5.74) is 1.21. The van der Waals surface area contributed by atoms with Crippen LogP contribution in [-0.2, 0) is 6.42 Å². The number of benzene rings is 1. The molecule has 0 spiro atoms. The van der Waals surface area contributed by atoms with Gasteiger partial charge in [0, 0.05) is 20.1 Å². The first-order chi connectivity index (χ1) is 9.81. The van der Waals surface area contributed by atoms with Crippen molar-refractivity contribution >= 4 is 17.7 Å². The Morgan fingerprint density at radius 1 is 1.25 bits per heavy atom. The molecule has 4 nitrogen and oxygen atoms in total. The monoisotopic (exact) mass is 295 g/mol. The van der Waals surface area contributed by atoms with E-state index in [1.165, 1.54) is 11.3 Å². The summed E-state index contributed by atoms with van der Waals surface area (Å²) in [6, 6.07) is 8.11. The van der Waals surface area contributed by atoms with Crippen molar-refractivity contribution in [2.75, 3.05) is 39.3 Å². The highest BCUT2D eigenvalue weighted by atomic mass is 32.2. The molecule has 2 N–H and O–H groups in total. The molecular formula is C15H25N3OS. The van der Waals surface area contributed by atoms with E-state index in [9.17, 15) is 0 Å². The minimum atomic E-state index is 0.836. The van der Waals surface area contributed by atoms with Gasteiger partial charge in [0.2, 0.25) is 0 Å². The minimum absolute atomic E-state index is 0.836. The molecule has 0 bridgehead atoms. The average Bonchev–Trinajstić information content (AvgIpc) is 2.50. The molecule has 0 radical (unpaired) electrons. The highest BCUT2D eigenvalue weighted by Gasteiger charge is 2.02. The molecule has 20 heavy (non-hydrogen) atoms. The number of ether oxygens (including phenoxy) is 1. The van der Waals surface area contributed by atoms with Gasteiger partial charge in [-0.1, -0.05) is 18.2 Å². The third-order valence-corrected chi connectivity index (χ3v) is 3.62. The Morgan fingerprint density at radius 3 is 2.70 bits per heavy atom. The zero-order valence-corrected chi connectivity index (χ0v) is 13.4. The second-order valence-corrected chi connectivity index (χ2v) is 5.32. The lowest BCUT2D eigenvalue weighted by Crippen LogP contribution is -2.38. The molecule has 0 aliphatic carbocycles. The summed E-state index contributed by atoms with van der Waals surface area (Å²) >= 11 is 1.87. The van der Waals surface area contributed by atoms with Crippen molar-refractivity contribution in [3.8, 4) is 5.75 Å². The number of rotatable bonds is 8. The molecule has 0 saturated carbocycles. The lowest BCUT2D eigenvalue weighted by atomic mass is 10.1. The van der Waals surface area contributed by atoms with E-state index in [0.29, 0.717) is 0 Å². The van der Waals surface area contributed by atoms with Crippen LogP contribution in [-0.4, -0.2) is 45.2 Å². The number of nitrogens with zero attached hydrogens (tertiary/aromatic N) is 1. The van der Waals surface area contributed by atoms with Gasteiger partial charge in [0.1, 0.15) is 5.75 Å². The Morgan fingerprint density at radius 2 is 2.00 bits per heavy atom. The Bertz CT molecular complexity index is 410. The zero-order chi connectivity index (χ0) is 14.6. The Kier molecular flexibility index (Phi) is 8.71. The minimum Gasteiger partial charge on any atom is -0.496 e. The molecule has 0 atom stereocenters. The zero-order valence-electron chi connectivity index (χ0n) is 12.6. The van der Waals surface area contributed by atoms with Crippen LogP contribution >= 0.6 is 11.8 Å². The van der Waals surface area contributed by atoms with Crippen molar-refractivity contribution in [1.82, 2.24) is 10.6 Å². The van der Waals surface area contributed by atoms with E-state index in [0.717, 1.165) is 37.6 Å². The van der Waals surface area contributed by atoms with E-state index in [1.807, 2.05) is 30.0 Å². The van der Waals surface area contributed by atoms with E-state index < -0.39 is 0 Å². The average molecular weight is 295 g/mol. The van der Waals surface area contributed by atoms with Crippen molar-refractivity contribution in [2.24, 2.45) is 4.99 Å². The smallest absolute Gasteiger partial charge is 0.190 e. The predicted octanol–water partition coefficient (Wildman–Crippen LogP) is 2.16. The molecule has 0 aromatic heterocycles. The van der Waals surface area contributed by atoms with Crippen LogP contribution in [0.3, 0.4) is 0 Å². The number of hydrogen-bond acceptors (Lipinski definition) is 3. The van der Waals surface area contributed by atoms with E-state index in [2.05, 4.69) is 27.9 Å². The van der Waals surface area contributed by atoms with Crippen molar-refractivity contribution in [1.29, 1.82) is 0 Å². The Balaban J connectivity index is 2.31. The van der Waals surface area contributed by atoms with Crippen LogP contribution in [0.2, 0.25) is 0 Å². The van der Waals surface area contributed by atoms with Gasteiger partial charge in [-0.25, -0.2) is 0 Å². The van der Waals surface area contributed by atoms with Gasteiger partial charge in [0.15, 0.2) is 5.96 Å². The number of para-hydroxylation sites is 1. The van der Waals surface area contributed by atoms with Gasteiger partial charge in [-0.2, -0.15) is 11.8 Å². The van der Waals surface area contributed by atoms with Crippen LogP contribution in [0.15, 0.2) is 29.3 Å². The fraction of sp³-hybridized carbons (Fsp3) is 0.533. The van der Waals surface area contributed by atoms with Crippen LogP contribution in [0.1, 0.15) is 12.0 Å². The molecule has 0 fully saturated rings. The molecule has 0 amide bonds. The Hall–Kier alpha value is -1.36. The van der Waals surface area contributed by atoms with Gasteiger partial charge >= 0.3 is 0 Å². The molecular weight excluding hydrogens is 270 g/mol. The topological polar surface area (TPSA) is 45.7 Å². The maximum absolute atomic E-state index is 5.35. The summed E-state index contributed by atoms with van der Waals surface area (Å²) in [7, 11) is 3.51. The van der Waals surface area contributed by atoms with E-state index >= 15 is 0 Å². The normalized spacial score (nSPS) is 11.2. The molecule has 1 aromatic rings. The molecule has 0 aliphatic heterocycles. The predicted molar refractivity (Wildman–Crippen MR) is 89.1 cm³/mol. The first-order valence-electron chi connectivity index (χ1n) is 6.87. The van der Waals surface area contributed by atoms with Gasteiger partial charge < -0.3 is 15.4 Å². The number of nitrogens with one attached hydrogen (secondary N) is 2. The fourth-order valence-electron chi connectivity index (χ4n) is 1.87. The number of aliphatic imine (C=N–C) groups is 1. The van der Waals surface area contributed by atoms with Crippen molar-refractivity contribution in [2.45, 2.75) is 12.8 Å². The van der Waals surface area contributed by atoms with Gasteiger partial charge in [-0.15, -0.1) is 0 Å². The maximum atomic E-state index is 5.35. The highest BCUT2D eigenvalue weighted by molar-refractivity contribution is 7.98. The standard InChI is InChI=1S/C15H25N3OS/c1-16-15(17-10-6-12-20-3)18-11-9-13-7-4-5-8-14(13)19-2/h4-5,7-8H,6,9-12H2,1-3H3,(H2,16,17,18). The summed E-state index contributed by atoms with van der Waals surface area (Å²) in [6.45, 7) is 1.79. The fourth-order valence-corrected chi connectivity index (χ4v) is 2.30. The first kappa shape index (κ1) is 16.7. The molecule has 0 saturated heterocycles. The molecule has 1 rings (SSSR count). The van der Waals surface area contributed by atoms with Crippen LogP contribution in [0.4, 0.5) is 0 Å². The highest BCUT2D eigenvalue weighted by Crippen LogP contribution is 2.17. The second kappa shape index (κ2) is 10.4. The lowest BCUT2D eigenvalue weighted by molar-refractivity contribution is 0.409. The number of thioether (sulfide) groups is 1. The molecule has 0 aliphatic rings. The summed E-state index contributed by atoms with van der Waals surface area (Å²) in [5, 5.41) is 6.64. The first-order valence-corrected chi connectivity index (χ1v) is 8.26. The van der Waals surface area contributed by atoms with Crippen LogP contribution in [0.5, 0.6) is 5.75 Å². The number of hydrogen-bond donors (Lipinski definition) is 2. The summed E-state index contributed by atoms with van der Waals surface area (Å²) in [6.07, 6.45) is 4.18. The maximum Gasteiger partial charge on any atom is 0.190 e. The van der Waals surface area contributed by atoms with Gasteiger partial charge in [0.05, 0.1) is 7.11 Å². The SMILES string of the molecule is CN=C(NCCCSC)NCCc1ccccc1OC. The summed E-state index contributed by atoms with van der Waals surface area (Å²) in [5.74, 6) is 2.98. The van der Waals surface area contributed by atoms with Crippen LogP contribution in [0.25, 0.3) is 0 Å². The quantitative estimate of drug-likeness (QED) is 0.438. The molecule has 1 aromatic carbocycles. The molecule has 5 heteroatoms. The van der Waals surface area contributed by atoms with Gasteiger partial charge in [-0.3, -0.25) is 4.99 Å². The summed E-state index contributed by atoms with van der Waals surface area (Å²) in [4.78, 5) is 4.22. The van der Waals surface area contributed by atoms with E-state index in [-0.39, 0.29) is 0 Å². The molecule has 0 heterocycles. The second-order valence-electron chi connectivity index (χ2n) is 4.33. The van der Waals surface area contributed by atoms with E-state index in [4.69, 9.17) is 4.74 Å². The largest absolute Gasteiger partial charge is 0.496 e. The number of methoxy groups -OCH3 is 1. The molecule has 112 valence electrons. The third-order valence-electron chi connectivity index (χ3n) is 2.92. The Labute approximate surface area is 126 Å². The van der Waals surface area contributed by atoms with E-state index in [1.54, 1.807) is 14.2 Å². The van der Waals surface area contributed by atoms with Crippen molar-refractivity contribution in [3.63, 3.8) is 0 Å². The van der Waals surface area contributed by atoms with Gasteiger partial charge in [0.25, 0.3) is 0 Å². The molecule has 0 unspecified atom stereocenters. The van der Waals surface area contributed by atoms with Crippen LogP contribution in [0, 0.1) is 0 Å². The van der Waals surface area contributed by atoms with Crippen LogP contribution < -0.4 is 15.4 Å². The lowest BCUT2D eigenvalue weighted by Gasteiger charge is -2.12. The summed E-state index contributed by atoms with van der Waals surface area (Å²) < 4.78 is 5.35.